The zero-order valence-electron chi connectivity index (χ0n) is 12.1. The number of thioether (sulfide) groups is 1. The number of carbonyl (C=O) groups excluding carboxylic acids is 1. The molecule has 0 radical (unpaired) electrons. The van der Waals surface area contributed by atoms with Crippen molar-refractivity contribution in [1.29, 1.82) is 0 Å². The van der Waals surface area contributed by atoms with Gasteiger partial charge < -0.3 is 11.1 Å². The zero-order chi connectivity index (χ0) is 15.6. The van der Waals surface area contributed by atoms with Gasteiger partial charge in [-0.1, -0.05) is 23.4 Å². The number of nitrogens with two attached hydrogens (primary N) is 1. The van der Waals surface area contributed by atoms with E-state index in [9.17, 15) is 4.79 Å². The fourth-order valence-corrected chi connectivity index (χ4v) is 2.94. The van der Waals surface area contributed by atoms with Crippen LogP contribution in [-0.2, 0) is 11.8 Å². The van der Waals surface area contributed by atoms with Crippen LogP contribution in [0.15, 0.2) is 29.3 Å². The number of carbonyl (C=O) groups is 1. The first-order valence-corrected chi connectivity index (χ1v) is 7.66. The summed E-state index contributed by atoms with van der Waals surface area (Å²) in [4.78, 5) is 12.2. The number of rotatable bonds is 4. The van der Waals surface area contributed by atoms with Crippen molar-refractivity contribution in [2.75, 3.05) is 11.1 Å². The summed E-state index contributed by atoms with van der Waals surface area (Å²) >= 11 is 7.35. The topological polar surface area (TPSA) is 72.9 Å². The third kappa shape index (κ3) is 3.92. The fraction of sp³-hybridized carbons (Fsp3) is 0.286. The van der Waals surface area contributed by atoms with Crippen molar-refractivity contribution >= 4 is 40.6 Å². The average molecular weight is 325 g/mol. The van der Waals surface area contributed by atoms with Gasteiger partial charge in [-0.05, 0) is 38.1 Å². The number of nitrogen functional groups attached to an aromatic ring is 1. The molecule has 1 aromatic heterocycles. The number of benzene rings is 1. The number of aromatic nitrogens is 2. The van der Waals surface area contributed by atoms with Gasteiger partial charge in [0.05, 0.1) is 27.3 Å². The lowest BCUT2D eigenvalue weighted by Gasteiger charge is -2.13. The van der Waals surface area contributed by atoms with E-state index < -0.39 is 0 Å². The first-order valence-electron chi connectivity index (χ1n) is 6.40. The van der Waals surface area contributed by atoms with E-state index in [1.807, 2.05) is 27.0 Å². The van der Waals surface area contributed by atoms with Crippen LogP contribution in [0, 0.1) is 6.92 Å². The van der Waals surface area contributed by atoms with Gasteiger partial charge in [-0.2, -0.15) is 5.10 Å². The minimum atomic E-state index is -0.279. The molecule has 2 aromatic rings. The number of hydrogen-bond donors (Lipinski definition) is 2. The standard InChI is InChI=1S/C14H17ClN4OS/c1-8-6-13(19(3)18-8)21-9(2)14(20)17-12-7-10(15)4-5-11(12)16/h4-7,9H,16H2,1-3H3,(H,17,20). The summed E-state index contributed by atoms with van der Waals surface area (Å²) in [5.41, 5.74) is 7.76. The van der Waals surface area contributed by atoms with E-state index in [0.29, 0.717) is 16.4 Å². The maximum atomic E-state index is 12.2. The van der Waals surface area contributed by atoms with Crippen LogP contribution in [0.2, 0.25) is 5.02 Å². The van der Waals surface area contributed by atoms with Gasteiger partial charge >= 0.3 is 0 Å². The van der Waals surface area contributed by atoms with E-state index in [1.165, 1.54) is 11.8 Å². The molecule has 0 saturated heterocycles. The Labute approximate surface area is 132 Å². The van der Waals surface area contributed by atoms with Gasteiger partial charge in [-0.25, -0.2) is 0 Å². The Morgan fingerprint density at radius 1 is 1.48 bits per heavy atom. The minimum absolute atomic E-state index is 0.132. The largest absolute Gasteiger partial charge is 0.397 e. The molecular weight excluding hydrogens is 308 g/mol. The molecule has 2 rings (SSSR count). The monoisotopic (exact) mass is 324 g/mol. The van der Waals surface area contributed by atoms with E-state index in [2.05, 4.69) is 10.4 Å². The van der Waals surface area contributed by atoms with E-state index in [0.717, 1.165) is 10.7 Å². The smallest absolute Gasteiger partial charge is 0.237 e. The fourth-order valence-electron chi connectivity index (χ4n) is 1.80. The number of aryl methyl sites for hydroxylation is 2. The summed E-state index contributed by atoms with van der Waals surface area (Å²) in [5.74, 6) is -0.132. The van der Waals surface area contributed by atoms with Gasteiger partial charge in [0, 0.05) is 12.1 Å². The molecule has 0 spiro atoms. The summed E-state index contributed by atoms with van der Waals surface area (Å²) in [6.07, 6.45) is 0. The molecule has 3 N–H and O–H groups in total. The molecule has 0 fully saturated rings. The molecule has 0 aliphatic heterocycles. The maximum Gasteiger partial charge on any atom is 0.237 e. The molecule has 1 amide bonds. The summed E-state index contributed by atoms with van der Waals surface area (Å²) in [5, 5.41) is 8.25. The molecule has 0 saturated carbocycles. The Bertz CT molecular complexity index is 671. The molecule has 1 atom stereocenters. The van der Waals surface area contributed by atoms with Gasteiger partial charge in [-0.3, -0.25) is 9.48 Å². The van der Waals surface area contributed by atoms with Crippen LogP contribution >= 0.6 is 23.4 Å². The predicted molar refractivity (Wildman–Crippen MR) is 87.8 cm³/mol. The van der Waals surface area contributed by atoms with Crippen LogP contribution in [0.25, 0.3) is 0 Å². The maximum absolute atomic E-state index is 12.2. The van der Waals surface area contributed by atoms with Crippen LogP contribution < -0.4 is 11.1 Å². The second-order valence-electron chi connectivity index (χ2n) is 4.73. The van der Waals surface area contributed by atoms with Gasteiger partial charge in [0.1, 0.15) is 0 Å². The van der Waals surface area contributed by atoms with E-state index in [1.54, 1.807) is 22.9 Å². The minimum Gasteiger partial charge on any atom is -0.397 e. The molecular formula is C14H17ClN4OS. The third-order valence-corrected chi connectivity index (χ3v) is 4.33. The highest BCUT2D eigenvalue weighted by Gasteiger charge is 2.17. The van der Waals surface area contributed by atoms with Crippen LogP contribution in [0.4, 0.5) is 11.4 Å². The molecule has 1 heterocycles. The molecule has 0 aliphatic carbocycles. The highest BCUT2D eigenvalue weighted by Crippen LogP contribution is 2.27. The van der Waals surface area contributed by atoms with Crippen molar-refractivity contribution < 1.29 is 4.79 Å². The molecule has 7 heteroatoms. The SMILES string of the molecule is Cc1cc(SC(C)C(=O)Nc2cc(Cl)ccc2N)n(C)n1. The lowest BCUT2D eigenvalue weighted by atomic mass is 10.2. The Kier molecular flexibility index (Phi) is 4.80. The first kappa shape index (κ1) is 15.7. The summed E-state index contributed by atoms with van der Waals surface area (Å²) in [7, 11) is 1.86. The molecule has 21 heavy (non-hydrogen) atoms. The van der Waals surface area contributed by atoms with Crippen molar-refractivity contribution in [3.05, 3.63) is 35.0 Å². The molecule has 1 unspecified atom stereocenters. The lowest BCUT2D eigenvalue weighted by Crippen LogP contribution is -2.23. The predicted octanol–water partition coefficient (Wildman–Crippen LogP) is 3.08. The van der Waals surface area contributed by atoms with Gasteiger partial charge in [0.2, 0.25) is 5.91 Å². The molecule has 5 nitrogen and oxygen atoms in total. The van der Waals surface area contributed by atoms with Gasteiger partial charge in [-0.15, -0.1) is 0 Å². The van der Waals surface area contributed by atoms with Crippen molar-refractivity contribution in [2.45, 2.75) is 24.1 Å². The highest BCUT2D eigenvalue weighted by molar-refractivity contribution is 8.00. The van der Waals surface area contributed by atoms with Crippen LogP contribution in [0.3, 0.4) is 0 Å². The molecule has 0 aliphatic rings. The van der Waals surface area contributed by atoms with Crippen LogP contribution in [0.1, 0.15) is 12.6 Å². The summed E-state index contributed by atoms with van der Waals surface area (Å²) in [6, 6.07) is 6.94. The number of nitrogens with one attached hydrogen (secondary N) is 1. The zero-order valence-corrected chi connectivity index (χ0v) is 13.6. The third-order valence-electron chi connectivity index (χ3n) is 2.90. The van der Waals surface area contributed by atoms with Crippen molar-refractivity contribution in [2.24, 2.45) is 7.05 Å². The summed E-state index contributed by atoms with van der Waals surface area (Å²) in [6.45, 7) is 3.75. The second-order valence-corrected chi connectivity index (χ2v) is 6.53. The first-order chi connectivity index (χ1) is 9.86. The average Bonchev–Trinajstić information content (AvgIpc) is 2.72. The summed E-state index contributed by atoms with van der Waals surface area (Å²) < 4.78 is 1.76. The Morgan fingerprint density at radius 2 is 2.19 bits per heavy atom. The number of amides is 1. The lowest BCUT2D eigenvalue weighted by molar-refractivity contribution is -0.115. The Balaban J connectivity index is 2.06. The number of hydrogen-bond acceptors (Lipinski definition) is 4. The van der Waals surface area contributed by atoms with E-state index >= 15 is 0 Å². The molecule has 0 bridgehead atoms. The number of halogens is 1. The van der Waals surface area contributed by atoms with E-state index in [-0.39, 0.29) is 11.2 Å². The van der Waals surface area contributed by atoms with Crippen molar-refractivity contribution in [3.63, 3.8) is 0 Å². The van der Waals surface area contributed by atoms with Gasteiger partial charge in [0.25, 0.3) is 0 Å². The highest BCUT2D eigenvalue weighted by atomic mass is 35.5. The quantitative estimate of drug-likeness (QED) is 0.669. The second kappa shape index (κ2) is 6.41. The van der Waals surface area contributed by atoms with Crippen molar-refractivity contribution in [1.82, 2.24) is 9.78 Å². The van der Waals surface area contributed by atoms with Crippen LogP contribution in [-0.4, -0.2) is 20.9 Å². The van der Waals surface area contributed by atoms with Crippen molar-refractivity contribution in [3.8, 4) is 0 Å². The Morgan fingerprint density at radius 3 is 2.81 bits per heavy atom. The number of nitrogens with zero attached hydrogens (tertiary/aromatic N) is 2. The van der Waals surface area contributed by atoms with Gasteiger partial charge in [0.15, 0.2) is 0 Å². The normalized spacial score (nSPS) is 12.2. The molecule has 1 aromatic carbocycles. The molecule has 112 valence electrons. The Hall–Kier alpha value is -1.66. The number of anilines is 2. The van der Waals surface area contributed by atoms with Crippen LogP contribution in [0.5, 0.6) is 0 Å². The van der Waals surface area contributed by atoms with E-state index in [4.69, 9.17) is 17.3 Å².